The van der Waals surface area contributed by atoms with Crippen molar-refractivity contribution in [2.24, 2.45) is 11.8 Å². The molecule has 1 fully saturated rings. The number of amides is 2. The van der Waals surface area contributed by atoms with Crippen LogP contribution in [0.25, 0.3) is 0 Å². The van der Waals surface area contributed by atoms with Gasteiger partial charge in [0.1, 0.15) is 18.7 Å². The first-order chi connectivity index (χ1) is 13.5. The second kappa shape index (κ2) is 12.5. The first kappa shape index (κ1) is 25.9. The van der Waals surface area contributed by atoms with Gasteiger partial charge in [-0.2, -0.15) is 5.10 Å². The number of nitrogens with zero attached hydrogens (tertiary/aromatic N) is 3. The fraction of sp³-hybridized carbons (Fsp3) is 0.500. The molecule has 1 aromatic heterocycles. The molecular formula is C20H30Cl2N6O2. The average Bonchev–Trinajstić information content (AvgIpc) is 3.24. The third-order valence-corrected chi connectivity index (χ3v) is 5.34. The molecule has 0 saturated carbocycles. The summed E-state index contributed by atoms with van der Waals surface area (Å²) in [5.74, 6) is 0.830. The lowest BCUT2D eigenvalue weighted by Crippen LogP contribution is -2.32. The van der Waals surface area contributed by atoms with Crippen molar-refractivity contribution >= 4 is 48.0 Å². The smallest absolute Gasteiger partial charge is 0.249 e. The molecule has 2 heterocycles. The first-order valence-corrected chi connectivity index (χ1v) is 9.78. The molecule has 0 spiro atoms. The first-order valence-electron chi connectivity index (χ1n) is 9.78. The molecule has 1 saturated heterocycles. The van der Waals surface area contributed by atoms with Crippen molar-refractivity contribution in [2.75, 3.05) is 23.7 Å². The molecule has 1 aromatic carbocycles. The van der Waals surface area contributed by atoms with E-state index in [-0.39, 0.29) is 36.6 Å². The fourth-order valence-corrected chi connectivity index (χ4v) is 3.51. The van der Waals surface area contributed by atoms with Crippen molar-refractivity contribution in [1.82, 2.24) is 20.1 Å². The van der Waals surface area contributed by atoms with Crippen LogP contribution in [0.2, 0.25) is 0 Å². The molecule has 0 bridgehead atoms. The minimum Gasteiger partial charge on any atom is -0.326 e. The Kier molecular flexibility index (Phi) is 10.8. The van der Waals surface area contributed by atoms with E-state index in [1.54, 1.807) is 31.2 Å². The largest absolute Gasteiger partial charge is 0.326 e. The molecule has 0 radical (unpaired) electrons. The summed E-state index contributed by atoms with van der Waals surface area (Å²) in [5.41, 5.74) is 1.39. The third-order valence-electron chi connectivity index (χ3n) is 5.34. The predicted molar refractivity (Wildman–Crippen MR) is 122 cm³/mol. The molecule has 1 aliphatic rings. The molecule has 30 heavy (non-hydrogen) atoms. The number of aromatic nitrogens is 3. The minimum atomic E-state index is -0.460. The van der Waals surface area contributed by atoms with Crippen molar-refractivity contribution in [3.63, 3.8) is 0 Å². The van der Waals surface area contributed by atoms with E-state index in [0.717, 1.165) is 31.6 Å². The van der Waals surface area contributed by atoms with Gasteiger partial charge in [-0.25, -0.2) is 9.67 Å². The normalized spacial score (nSPS) is 15.8. The third kappa shape index (κ3) is 7.27. The van der Waals surface area contributed by atoms with Gasteiger partial charge >= 0.3 is 0 Å². The topological polar surface area (TPSA) is 101 Å². The summed E-state index contributed by atoms with van der Waals surface area (Å²) < 4.78 is 1.49. The van der Waals surface area contributed by atoms with Gasteiger partial charge in [-0.15, -0.1) is 24.8 Å². The highest BCUT2D eigenvalue weighted by atomic mass is 35.5. The number of hydrogen-bond acceptors (Lipinski definition) is 5. The number of carbonyl (C=O) groups excluding carboxylic acids is 2. The maximum absolute atomic E-state index is 12.3. The van der Waals surface area contributed by atoms with Crippen molar-refractivity contribution in [3.05, 3.63) is 36.9 Å². The van der Waals surface area contributed by atoms with Crippen molar-refractivity contribution in [3.8, 4) is 0 Å². The second-order valence-electron chi connectivity index (χ2n) is 7.44. The molecular weight excluding hydrogens is 427 g/mol. The summed E-state index contributed by atoms with van der Waals surface area (Å²) in [7, 11) is 0. The predicted octanol–water partition coefficient (Wildman–Crippen LogP) is 3.29. The van der Waals surface area contributed by atoms with Gasteiger partial charge in [0.05, 0.1) is 0 Å². The van der Waals surface area contributed by atoms with Crippen molar-refractivity contribution in [1.29, 1.82) is 0 Å². The molecule has 0 aliphatic carbocycles. The van der Waals surface area contributed by atoms with E-state index in [1.807, 2.05) is 0 Å². The lowest BCUT2D eigenvalue weighted by atomic mass is 9.84. The molecule has 2 amide bonds. The maximum Gasteiger partial charge on any atom is 0.249 e. The van der Waals surface area contributed by atoms with E-state index in [4.69, 9.17) is 0 Å². The summed E-state index contributed by atoms with van der Waals surface area (Å²) >= 11 is 0. The zero-order chi connectivity index (χ0) is 19.9. The van der Waals surface area contributed by atoms with Crippen molar-refractivity contribution in [2.45, 2.75) is 39.2 Å². The highest BCUT2D eigenvalue weighted by molar-refractivity contribution is 5.94. The Morgan fingerprint density at radius 3 is 2.27 bits per heavy atom. The van der Waals surface area contributed by atoms with Crippen LogP contribution in [0.5, 0.6) is 0 Å². The average molecular weight is 457 g/mol. The van der Waals surface area contributed by atoms with Crippen LogP contribution in [0, 0.1) is 11.8 Å². The molecule has 2 atom stereocenters. The van der Waals surface area contributed by atoms with E-state index in [0.29, 0.717) is 23.9 Å². The molecule has 166 valence electrons. The van der Waals surface area contributed by atoms with Crippen LogP contribution < -0.4 is 16.0 Å². The Balaban J connectivity index is 0.00000225. The summed E-state index contributed by atoms with van der Waals surface area (Å²) in [6.45, 7) is 5.99. The Hall–Kier alpha value is -2.16. The molecule has 1 aliphatic heterocycles. The van der Waals surface area contributed by atoms with Gasteiger partial charge < -0.3 is 16.0 Å². The number of anilines is 2. The lowest BCUT2D eigenvalue weighted by molar-refractivity contribution is -0.119. The van der Waals surface area contributed by atoms with Crippen molar-refractivity contribution < 1.29 is 9.59 Å². The highest BCUT2D eigenvalue weighted by Crippen LogP contribution is 2.25. The van der Waals surface area contributed by atoms with Crippen LogP contribution in [0.3, 0.4) is 0 Å². The number of carbonyl (C=O) groups is 2. The number of piperidine rings is 1. The van der Waals surface area contributed by atoms with Crippen LogP contribution in [-0.2, 0) is 9.59 Å². The SMILES string of the molecule is CC(CC(=O)Nc1ccc(NC(=O)C(C)n2cncn2)cc1)C1CCNCC1.Cl.Cl. The standard InChI is InChI=1S/C20H28N6O2.2ClH/c1-14(16-7-9-21-10-8-16)11-19(27)24-17-3-5-18(6-4-17)25-20(28)15(2)26-13-22-12-23-26;;/h3-6,12-16,21H,7-11H2,1-2H3,(H,24,27)(H,25,28);2*1H. The quantitative estimate of drug-likeness (QED) is 0.593. The minimum absolute atomic E-state index is 0. The number of benzene rings is 1. The van der Waals surface area contributed by atoms with Crippen LogP contribution in [-0.4, -0.2) is 39.7 Å². The number of halogens is 2. The molecule has 10 heteroatoms. The van der Waals surface area contributed by atoms with Crippen LogP contribution >= 0.6 is 24.8 Å². The van der Waals surface area contributed by atoms with Gasteiger partial charge in [0.15, 0.2) is 0 Å². The van der Waals surface area contributed by atoms with Gasteiger partial charge in [-0.3, -0.25) is 9.59 Å². The summed E-state index contributed by atoms with van der Waals surface area (Å²) in [6, 6.07) is 6.68. The molecule has 8 nitrogen and oxygen atoms in total. The van der Waals surface area contributed by atoms with E-state index in [9.17, 15) is 9.59 Å². The van der Waals surface area contributed by atoms with Gasteiger partial charge in [0.25, 0.3) is 0 Å². The summed E-state index contributed by atoms with van der Waals surface area (Å²) in [5, 5.41) is 13.1. The highest BCUT2D eigenvalue weighted by Gasteiger charge is 2.22. The Morgan fingerprint density at radius 1 is 1.10 bits per heavy atom. The fourth-order valence-electron chi connectivity index (χ4n) is 3.51. The van der Waals surface area contributed by atoms with Crippen LogP contribution in [0.4, 0.5) is 11.4 Å². The zero-order valence-electron chi connectivity index (χ0n) is 17.2. The van der Waals surface area contributed by atoms with E-state index < -0.39 is 6.04 Å². The zero-order valence-corrected chi connectivity index (χ0v) is 18.8. The molecule has 3 N–H and O–H groups in total. The van der Waals surface area contributed by atoms with E-state index in [2.05, 4.69) is 33.0 Å². The van der Waals surface area contributed by atoms with Gasteiger partial charge in [-0.05, 0) is 69.0 Å². The number of hydrogen-bond donors (Lipinski definition) is 3. The van der Waals surface area contributed by atoms with Crippen LogP contribution in [0.1, 0.15) is 39.2 Å². The summed E-state index contributed by atoms with van der Waals surface area (Å²) in [6.07, 6.45) is 5.70. The van der Waals surface area contributed by atoms with Gasteiger partial charge in [0.2, 0.25) is 11.8 Å². The second-order valence-corrected chi connectivity index (χ2v) is 7.44. The van der Waals surface area contributed by atoms with E-state index in [1.165, 1.54) is 17.3 Å². The molecule has 3 rings (SSSR count). The Bertz CT molecular complexity index is 779. The number of nitrogens with one attached hydrogen (secondary N) is 3. The molecule has 2 unspecified atom stereocenters. The van der Waals surface area contributed by atoms with E-state index >= 15 is 0 Å². The summed E-state index contributed by atoms with van der Waals surface area (Å²) in [4.78, 5) is 28.5. The monoisotopic (exact) mass is 456 g/mol. The molecule has 2 aromatic rings. The van der Waals surface area contributed by atoms with Gasteiger partial charge in [-0.1, -0.05) is 6.92 Å². The lowest BCUT2D eigenvalue weighted by Gasteiger charge is -2.27. The maximum atomic E-state index is 12.3. The number of rotatable bonds is 7. The van der Waals surface area contributed by atoms with Gasteiger partial charge in [0, 0.05) is 17.8 Å². The Labute approximate surface area is 189 Å². The Morgan fingerprint density at radius 2 is 1.70 bits per heavy atom. The van der Waals surface area contributed by atoms with Crippen LogP contribution in [0.15, 0.2) is 36.9 Å².